The Hall–Kier alpha value is -1.46. The Bertz CT molecular complexity index is 759. The third-order valence-electron chi connectivity index (χ3n) is 2.92. The molecule has 0 saturated heterocycles. The number of hydrogen-bond donors (Lipinski definition) is 1. The summed E-state index contributed by atoms with van der Waals surface area (Å²) in [5, 5.41) is 2.87. The van der Waals surface area contributed by atoms with Crippen molar-refractivity contribution in [2.75, 3.05) is 5.32 Å². The van der Waals surface area contributed by atoms with Crippen molar-refractivity contribution in [2.24, 2.45) is 0 Å². The fraction of sp³-hybridized carbons (Fsp3) is 0. The average molecular weight is 473 g/mol. The summed E-state index contributed by atoms with van der Waals surface area (Å²) in [7, 11) is 6.02. The molecule has 1 aromatic carbocycles. The molecule has 0 atom stereocenters. The maximum absolute atomic E-state index is 12.2. The fourth-order valence-corrected chi connectivity index (χ4v) is 5.37. The first-order valence-electron chi connectivity index (χ1n) is 6.02. The Morgan fingerprint density at radius 1 is 1.20 bits per heavy atom. The minimum atomic E-state index is -1.65. The Morgan fingerprint density at radius 3 is 2.75 bits per heavy atom. The van der Waals surface area contributed by atoms with E-state index in [1.165, 1.54) is 0 Å². The van der Waals surface area contributed by atoms with Crippen molar-refractivity contribution in [2.45, 2.75) is 0 Å². The number of imidazole rings is 1. The molecule has 0 aliphatic carbocycles. The summed E-state index contributed by atoms with van der Waals surface area (Å²) >= 11 is -1.65. The summed E-state index contributed by atoms with van der Waals surface area (Å²) in [5.74, 6) is -0.164. The number of carbonyl (C=O) groups excluding carboxylic acids is 1. The molecule has 20 heavy (non-hydrogen) atoms. The summed E-state index contributed by atoms with van der Waals surface area (Å²) in [5.41, 5.74) is 2.68. The summed E-state index contributed by atoms with van der Waals surface area (Å²) in [6.07, 6.45) is 3.35. The Kier molecular flexibility index (Phi) is 3.98. The molecule has 5 nitrogen and oxygen atoms in total. The Labute approximate surface area is 131 Å². The zero-order chi connectivity index (χ0) is 13.9. The molecule has 1 amide bonds. The van der Waals surface area contributed by atoms with Crippen LogP contribution in [0, 0.1) is 0 Å². The van der Waals surface area contributed by atoms with E-state index in [0.29, 0.717) is 16.8 Å². The number of nitrogens with zero attached hydrogens (tertiary/aromatic N) is 3. The third-order valence-corrected chi connectivity index (χ3v) is 7.98. The molecule has 0 radical (unpaired) electrons. The van der Waals surface area contributed by atoms with Gasteiger partial charge in [0.1, 0.15) is 0 Å². The van der Waals surface area contributed by atoms with Crippen LogP contribution in [0.2, 0.25) is 0 Å². The van der Waals surface area contributed by atoms with Crippen LogP contribution in [-0.2, 0) is 23.6 Å². The second-order valence-electron chi connectivity index (χ2n) is 4.18. The standard InChI is InChI=1S/C13H10N4O.ClH.Hg/c18-13(9-4-2-1-3-5-9)17-10-6-7-14-12-11(10)15-8-16-12;;/h1-8H,(H2,14,15,16,17,18);1H;/q;;+2/p-2. The molecule has 3 rings (SSSR count). The van der Waals surface area contributed by atoms with Gasteiger partial charge in [-0.05, 0) is 0 Å². The van der Waals surface area contributed by atoms with E-state index >= 15 is 0 Å². The number of nitrogens with one attached hydrogen (secondary N) is 1. The van der Waals surface area contributed by atoms with Gasteiger partial charge in [-0.25, -0.2) is 0 Å². The van der Waals surface area contributed by atoms with Crippen molar-refractivity contribution in [3.8, 4) is 0 Å². The number of halogens is 1. The van der Waals surface area contributed by atoms with Crippen molar-refractivity contribution < 1.29 is 28.4 Å². The second kappa shape index (κ2) is 5.89. The zero-order valence-electron chi connectivity index (χ0n) is 10.5. The van der Waals surface area contributed by atoms with Gasteiger partial charge in [0, 0.05) is 0 Å². The molecule has 0 fully saturated rings. The summed E-state index contributed by atoms with van der Waals surface area (Å²) in [6, 6.07) is 10.8. The average Bonchev–Trinajstić information content (AvgIpc) is 2.92. The maximum atomic E-state index is 12.2. The number of aromatic nitrogens is 3. The number of anilines is 1. The molecule has 0 unspecified atom stereocenters. The van der Waals surface area contributed by atoms with E-state index in [-0.39, 0.29) is 5.91 Å². The summed E-state index contributed by atoms with van der Waals surface area (Å²) in [6.45, 7) is 0. The van der Waals surface area contributed by atoms with Crippen LogP contribution in [-0.4, -0.2) is 18.2 Å². The fourth-order valence-electron chi connectivity index (χ4n) is 1.93. The van der Waals surface area contributed by atoms with Gasteiger partial charge in [-0.1, -0.05) is 0 Å². The van der Waals surface area contributed by atoms with Crippen molar-refractivity contribution in [1.82, 2.24) is 12.3 Å². The molecular weight excluding hydrogens is 464 g/mol. The predicted molar refractivity (Wildman–Crippen MR) is 73.2 cm³/mol. The van der Waals surface area contributed by atoms with E-state index in [9.17, 15) is 4.79 Å². The van der Waals surface area contributed by atoms with Gasteiger partial charge < -0.3 is 0 Å². The van der Waals surface area contributed by atoms with Gasteiger partial charge in [-0.15, -0.1) is 0 Å². The Balaban J connectivity index is 1.95. The number of benzene rings is 1. The summed E-state index contributed by atoms with van der Waals surface area (Å²) in [4.78, 5) is 20.7. The van der Waals surface area contributed by atoms with Crippen LogP contribution in [0.4, 0.5) is 5.69 Å². The van der Waals surface area contributed by atoms with Crippen LogP contribution in [0.1, 0.15) is 10.4 Å². The number of amides is 1. The van der Waals surface area contributed by atoms with Crippen LogP contribution in [0.25, 0.3) is 11.2 Å². The number of hydrogen-bond acceptors (Lipinski definition) is 3. The van der Waals surface area contributed by atoms with E-state index in [1.807, 2.05) is 20.5 Å². The van der Waals surface area contributed by atoms with E-state index in [1.54, 1.807) is 30.7 Å². The first-order valence-corrected chi connectivity index (χ1v) is 15.2. The van der Waals surface area contributed by atoms with Gasteiger partial charge in [0.2, 0.25) is 0 Å². The van der Waals surface area contributed by atoms with Gasteiger partial charge in [-0.2, -0.15) is 0 Å². The SMILES string of the molecule is O=C(Nc1ccnc2c1nc[n]2[Hg][Cl])c1ccccc1. The zero-order valence-corrected chi connectivity index (χ0v) is 16.7. The number of carbonyl (C=O) groups is 1. The molecule has 96 valence electrons. The van der Waals surface area contributed by atoms with Gasteiger partial charge in [0.15, 0.2) is 0 Å². The Morgan fingerprint density at radius 2 is 2.00 bits per heavy atom. The number of fused-ring (bicyclic) bond motifs is 1. The van der Waals surface area contributed by atoms with Crippen LogP contribution < -0.4 is 5.32 Å². The molecule has 0 bridgehead atoms. The molecule has 0 aliphatic heterocycles. The second-order valence-corrected chi connectivity index (χ2v) is 9.86. The van der Waals surface area contributed by atoms with Crippen LogP contribution in [0.5, 0.6) is 0 Å². The molecule has 0 spiro atoms. The summed E-state index contributed by atoms with van der Waals surface area (Å²) < 4.78 is 1.93. The quantitative estimate of drug-likeness (QED) is 0.596. The number of pyridine rings is 1. The third kappa shape index (κ3) is 2.55. The first-order chi connectivity index (χ1) is 9.79. The molecule has 2 aromatic heterocycles. The first kappa shape index (κ1) is 13.5. The van der Waals surface area contributed by atoms with Crippen LogP contribution in [0.3, 0.4) is 0 Å². The topological polar surface area (TPSA) is 59.8 Å². The van der Waals surface area contributed by atoms with Crippen molar-refractivity contribution in [3.05, 3.63) is 54.5 Å². The van der Waals surface area contributed by atoms with Crippen molar-refractivity contribution in [1.29, 1.82) is 0 Å². The normalized spacial score (nSPS) is 10.2. The molecule has 7 heteroatoms. The van der Waals surface area contributed by atoms with E-state index in [4.69, 9.17) is 8.25 Å². The molecule has 2 heterocycles. The number of rotatable bonds is 3. The molecule has 0 aliphatic rings. The molecule has 0 saturated carbocycles. The van der Waals surface area contributed by atoms with Gasteiger partial charge in [0.05, 0.1) is 0 Å². The van der Waals surface area contributed by atoms with Gasteiger partial charge in [0.25, 0.3) is 0 Å². The van der Waals surface area contributed by atoms with E-state index in [2.05, 4.69) is 15.3 Å². The molecule has 3 aromatic rings. The van der Waals surface area contributed by atoms with Gasteiger partial charge >= 0.3 is 132 Å². The predicted octanol–water partition coefficient (Wildman–Crippen LogP) is 2.68. The van der Waals surface area contributed by atoms with Crippen LogP contribution >= 0.6 is 8.25 Å². The van der Waals surface area contributed by atoms with Gasteiger partial charge in [-0.3, -0.25) is 0 Å². The molecular formula is C13H9ClHgN4O. The monoisotopic (exact) mass is 474 g/mol. The van der Waals surface area contributed by atoms with Crippen molar-refractivity contribution >= 4 is 31.0 Å². The van der Waals surface area contributed by atoms with E-state index < -0.39 is 23.6 Å². The minimum absolute atomic E-state index is 0.164. The van der Waals surface area contributed by atoms with E-state index in [0.717, 1.165) is 5.65 Å². The van der Waals surface area contributed by atoms with Crippen molar-refractivity contribution in [3.63, 3.8) is 0 Å². The van der Waals surface area contributed by atoms with Crippen LogP contribution in [0.15, 0.2) is 48.9 Å². The molecule has 1 N–H and O–H groups in total.